The van der Waals surface area contributed by atoms with Gasteiger partial charge in [-0.15, -0.1) is 43.9 Å². The number of carbonyl (C=O) groups is 6. The number of aliphatic carboxylic acids is 2. The minimum Gasteiger partial charge on any atom is -0.480 e. The van der Waals surface area contributed by atoms with Gasteiger partial charge in [0.1, 0.15) is 65.5 Å². The molecule has 3 aliphatic rings. The minimum absolute atomic E-state index is 0.0567. The number of carbonyl (C=O) groups excluding carboxylic acids is 4. The molecule has 3 aliphatic heterocycles. The molecule has 274 valence electrons. The van der Waals surface area contributed by atoms with E-state index in [2.05, 4.69) is 57.2 Å². The van der Waals surface area contributed by atoms with Gasteiger partial charge in [-0.05, 0) is 33.4 Å². The molecule has 0 spiro atoms. The van der Waals surface area contributed by atoms with Gasteiger partial charge in [-0.1, -0.05) is 23.1 Å². The third kappa shape index (κ3) is 8.31. The number of aromatic nitrogens is 10. The maximum Gasteiger partial charge on any atom is 0.354 e. The molecule has 0 aromatic carbocycles. The quantitative estimate of drug-likeness (QED) is 0.0585. The van der Waals surface area contributed by atoms with Crippen LogP contribution in [0, 0.1) is 6.92 Å². The van der Waals surface area contributed by atoms with Crippen molar-refractivity contribution in [1.82, 2.24) is 71.5 Å². The van der Waals surface area contributed by atoms with Gasteiger partial charge in [0, 0.05) is 22.8 Å². The Balaban J connectivity index is 1.16. The van der Waals surface area contributed by atoms with Crippen LogP contribution in [0.2, 0.25) is 0 Å². The fourth-order valence-corrected chi connectivity index (χ4v) is 9.55. The first-order valence-electron chi connectivity index (χ1n) is 14.8. The molecule has 3 amide bonds. The van der Waals surface area contributed by atoms with Gasteiger partial charge in [0.15, 0.2) is 10.4 Å². The third-order valence-corrected chi connectivity index (χ3v) is 12.0. The number of nitrogens with one attached hydrogen (secondary N) is 3. The standard InChI is InChI=1S/C25H26N14O9S4/c1-10-31-32-25(52-10)51-7-12-6-49-19(16(22(43)44)28-13(40)2-37-8-26-33-35-37)30-15(12)24(47)48-4-11-5-50-21-17(20(42)39(21)18(11)23(45)46)29-14(41)3-38-9-27-34-36-38/h8-9,16-17,19,21,30H,2-7H2,1H3,(H,28,40)(H,29,41)(H,43,44)(H,45,46). The lowest BCUT2D eigenvalue weighted by atomic mass is 10.0. The van der Waals surface area contributed by atoms with Gasteiger partial charge in [0.25, 0.3) is 5.91 Å². The summed E-state index contributed by atoms with van der Waals surface area (Å²) in [5, 5.41) is 56.0. The molecule has 6 rings (SSSR count). The maximum absolute atomic E-state index is 13.7. The van der Waals surface area contributed by atoms with Gasteiger partial charge < -0.3 is 30.9 Å². The molecule has 4 atom stereocenters. The third-order valence-electron chi connectivity index (χ3n) is 7.38. The topological polar surface area (TPSA) is 304 Å². The van der Waals surface area contributed by atoms with Crippen LogP contribution in [0.5, 0.6) is 0 Å². The van der Waals surface area contributed by atoms with E-state index in [-0.39, 0.29) is 47.3 Å². The van der Waals surface area contributed by atoms with Gasteiger partial charge in [0.2, 0.25) is 11.8 Å². The number of hydrogen-bond acceptors (Lipinski definition) is 20. The maximum atomic E-state index is 13.7. The number of β-lactam (4-membered cyclic amide) rings is 1. The predicted octanol–water partition coefficient (Wildman–Crippen LogP) is -2.92. The van der Waals surface area contributed by atoms with E-state index in [0.29, 0.717) is 9.91 Å². The summed E-state index contributed by atoms with van der Waals surface area (Å²) in [6.07, 6.45) is 2.42. The van der Waals surface area contributed by atoms with E-state index in [1.54, 1.807) is 6.92 Å². The lowest BCUT2D eigenvalue weighted by molar-refractivity contribution is -0.151. The second-order valence-corrected chi connectivity index (χ2v) is 15.6. The molecule has 52 heavy (non-hydrogen) atoms. The normalized spacial score (nSPS) is 20.4. The van der Waals surface area contributed by atoms with Crippen LogP contribution in [-0.4, -0.2) is 148 Å². The zero-order valence-corrected chi connectivity index (χ0v) is 29.8. The molecule has 0 saturated carbocycles. The van der Waals surface area contributed by atoms with Crippen molar-refractivity contribution in [3.8, 4) is 0 Å². The molecule has 5 N–H and O–H groups in total. The van der Waals surface area contributed by atoms with E-state index in [1.165, 1.54) is 47.5 Å². The number of hydrogen-bond donors (Lipinski definition) is 5. The van der Waals surface area contributed by atoms with Crippen molar-refractivity contribution in [2.75, 3.05) is 23.9 Å². The summed E-state index contributed by atoms with van der Waals surface area (Å²) >= 11 is 4.98. The zero-order valence-electron chi connectivity index (χ0n) is 26.5. The Morgan fingerprint density at radius 1 is 1.02 bits per heavy atom. The van der Waals surface area contributed by atoms with Gasteiger partial charge in [-0.25, -0.2) is 23.7 Å². The van der Waals surface area contributed by atoms with Gasteiger partial charge in [0.05, 0.1) is 0 Å². The average Bonchev–Trinajstić information content (AvgIpc) is 3.91. The number of rotatable bonds is 15. The van der Waals surface area contributed by atoms with Crippen LogP contribution in [0.25, 0.3) is 0 Å². The number of aryl methyl sites for hydroxylation is 1. The summed E-state index contributed by atoms with van der Waals surface area (Å²) in [6.45, 7) is 0.682. The van der Waals surface area contributed by atoms with Crippen molar-refractivity contribution in [2.24, 2.45) is 0 Å². The summed E-state index contributed by atoms with van der Waals surface area (Å²) in [5.74, 6) is -5.15. The van der Waals surface area contributed by atoms with Crippen molar-refractivity contribution in [1.29, 1.82) is 0 Å². The van der Waals surface area contributed by atoms with Crippen LogP contribution in [0.3, 0.4) is 0 Å². The number of fused-ring (bicyclic) bond motifs is 1. The Morgan fingerprint density at radius 3 is 2.33 bits per heavy atom. The number of esters is 1. The highest BCUT2D eigenvalue weighted by atomic mass is 32.2. The summed E-state index contributed by atoms with van der Waals surface area (Å²) in [7, 11) is 0. The van der Waals surface area contributed by atoms with E-state index < -0.39 is 65.1 Å². The van der Waals surface area contributed by atoms with Crippen molar-refractivity contribution in [3.63, 3.8) is 0 Å². The number of amides is 3. The van der Waals surface area contributed by atoms with Crippen LogP contribution in [0.15, 0.2) is 39.5 Å². The van der Waals surface area contributed by atoms with E-state index >= 15 is 0 Å². The number of thioether (sulfide) groups is 3. The number of ether oxygens (including phenoxy) is 1. The molecule has 23 nitrogen and oxygen atoms in total. The van der Waals surface area contributed by atoms with Crippen LogP contribution >= 0.6 is 46.6 Å². The molecule has 0 aliphatic carbocycles. The molecule has 0 bridgehead atoms. The lowest BCUT2D eigenvalue weighted by Gasteiger charge is -2.49. The van der Waals surface area contributed by atoms with E-state index in [0.717, 1.165) is 31.0 Å². The first-order valence-corrected chi connectivity index (χ1v) is 18.7. The Labute approximate surface area is 307 Å². The van der Waals surface area contributed by atoms with E-state index in [1.807, 2.05) is 0 Å². The highest BCUT2D eigenvalue weighted by Gasteiger charge is 2.54. The van der Waals surface area contributed by atoms with Crippen LogP contribution in [0.1, 0.15) is 5.01 Å². The van der Waals surface area contributed by atoms with E-state index in [4.69, 9.17) is 4.74 Å². The van der Waals surface area contributed by atoms with Crippen molar-refractivity contribution in [2.45, 2.75) is 47.2 Å². The lowest BCUT2D eigenvalue weighted by Crippen LogP contribution is -2.70. The highest BCUT2D eigenvalue weighted by molar-refractivity contribution is 8.01. The van der Waals surface area contributed by atoms with Gasteiger partial charge in [-0.3, -0.25) is 19.3 Å². The summed E-state index contributed by atoms with van der Waals surface area (Å²) in [6, 6.07) is -2.49. The number of carboxylic acid groups (broad SMARTS) is 2. The summed E-state index contributed by atoms with van der Waals surface area (Å²) in [5.41, 5.74) is 0.236. The number of carboxylic acids is 2. The van der Waals surface area contributed by atoms with Gasteiger partial charge >= 0.3 is 17.9 Å². The van der Waals surface area contributed by atoms with Crippen LogP contribution in [0.4, 0.5) is 0 Å². The fraction of sp³-hybridized carbons (Fsp3) is 0.440. The molecule has 4 unspecified atom stereocenters. The van der Waals surface area contributed by atoms with Gasteiger partial charge in [-0.2, -0.15) is 0 Å². The average molecular weight is 795 g/mol. The monoisotopic (exact) mass is 794 g/mol. The smallest absolute Gasteiger partial charge is 0.354 e. The van der Waals surface area contributed by atoms with Crippen molar-refractivity contribution >= 4 is 82.3 Å². The zero-order chi connectivity index (χ0) is 36.9. The minimum atomic E-state index is -1.50. The number of tetrazole rings is 2. The summed E-state index contributed by atoms with van der Waals surface area (Å²) < 4.78 is 8.50. The van der Waals surface area contributed by atoms with Crippen molar-refractivity contribution < 1.29 is 43.7 Å². The molecular weight excluding hydrogens is 769 g/mol. The number of nitrogens with zero attached hydrogens (tertiary/aromatic N) is 11. The molecule has 3 aromatic rings. The Bertz CT molecular complexity index is 1940. The first kappa shape index (κ1) is 36.6. The molecule has 27 heteroatoms. The second kappa shape index (κ2) is 16.0. The second-order valence-electron chi connectivity index (χ2n) is 10.9. The molecule has 1 saturated heterocycles. The Morgan fingerprint density at radius 2 is 1.71 bits per heavy atom. The molecule has 1 fully saturated rings. The highest BCUT2D eigenvalue weighted by Crippen LogP contribution is 2.40. The largest absolute Gasteiger partial charge is 0.480 e. The van der Waals surface area contributed by atoms with E-state index in [9.17, 15) is 39.0 Å². The van der Waals surface area contributed by atoms with Crippen molar-refractivity contribution in [3.05, 3.63) is 40.2 Å². The Kier molecular flexibility index (Phi) is 11.3. The molecule has 0 radical (unpaired) electrons. The molecule has 3 aromatic heterocycles. The van der Waals surface area contributed by atoms with Crippen LogP contribution < -0.4 is 16.0 Å². The SMILES string of the molecule is Cc1nnc(SCC2=C(C(=O)OCC3=C(C(=O)O)N4C(=O)C(NC(=O)Cn5cnnn5)C4SC3)NC(C(NC(=O)Cn3cnnn3)C(=O)O)SC2)s1. The predicted molar refractivity (Wildman–Crippen MR) is 178 cm³/mol. The first-order chi connectivity index (χ1) is 25.0. The summed E-state index contributed by atoms with van der Waals surface area (Å²) in [4.78, 5) is 77.5. The molecular formula is C25H26N14O9S4. The molecule has 6 heterocycles. The fourth-order valence-electron chi connectivity index (χ4n) is 5.05. The van der Waals surface area contributed by atoms with Crippen LogP contribution in [-0.2, 0) is 46.6 Å². The Hall–Kier alpha value is -5.15.